The van der Waals surface area contributed by atoms with Gasteiger partial charge in [-0.3, -0.25) is 0 Å². The van der Waals surface area contributed by atoms with Crippen LogP contribution in [0.2, 0.25) is 0 Å². The molecule has 9 heteroatoms. The summed E-state index contributed by atoms with van der Waals surface area (Å²) in [7, 11) is 0. The van der Waals surface area contributed by atoms with Gasteiger partial charge in [-0.1, -0.05) is 60.7 Å². The number of allylic oxidation sites excluding steroid dienone is 2. The van der Waals surface area contributed by atoms with Crippen LogP contribution in [0.3, 0.4) is 0 Å². The second-order valence-electron chi connectivity index (χ2n) is 10.4. The fraction of sp³-hybridized carbons (Fsp3) is 0.108. The van der Waals surface area contributed by atoms with Crippen LogP contribution < -0.4 is 4.74 Å². The molecule has 0 aliphatic carbocycles. The van der Waals surface area contributed by atoms with Gasteiger partial charge in [0.2, 0.25) is 0 Å². The molecule has 0 aliphatic heterocycles. The third-order valence-corrected chi connectivity index (χ3v) is 7.32. The number of alkyl halides is 2. The Morgan fingerprint density at radius 1 is 0.652 bits per heavy atom. The molecule has 0 N–H and O–H groups in total. The van der Waals surface area contributed by atoms with E-state index in [0.29, 0.717) is 16.7 Å². The minimum atomic E-state index is -4.37. The molecule has 5 aromatic rings. The highest BCUT2D eigenvalue weighted by Gasteiger charge is 2.41. The Morgan fingerprint density at radius 2 is 1.17 bits per heavy atom. The molecule has 5 aromatic carbocycles. The van der Waals surface area contributed by atoms with E-state index < -0.39 is 52.1 Å². The van der Waals surface area contributed by atoms with Gasteiger partial charge in [0.05, 0.1) is 0 Å². The summed E-state index contributed by atoms with van der Waals surface area (Å²) >= 11 is 0. The Labute approximate surface area is 260 Å². The van der Waals surface area contributed by atoms with Crippen LogP contribution in [0.15, 0.2) is 103 Å². The van der Waals surface area contributed by atoms with E-state index in [1.54, 1.807) is 12.1 Å². The summed E-state index contributed by atoms with van der Waals surface area (Å²) in [5, 5.41) is 8.83. The predicted molar refractivity (Wildman–Crippen MR) is 161 cm³/mol. The highest BCUT2D eigenvalue weighted by molar-refractivity contribution is 5.72. The zero-order chi connectivity index (χ0) is 33.0. The number of halogens is 7. The first-order chi connectivity index (χ1) is 22.0. The second-order valence-corrected chi connectivity index (χ2v) is 10.4. The van der Waals surface area contributed by atoms with Gasteiger partial charge in [-0.15, -0.1) is 0 Å². The molecule has 0 aromatic heterocycles. The van der Waals surface area contributed by atoms with Crippen LogP contribution in [0.4, 0.5) is 30.7 Å². The smallest absolute Gasteiger partial charge is 0.429 e. The van der Waals surface area contributed by atoms with Crippen LogP contribution in [-0.4, -0.2) is 0 Å². The molecule has 0 aliphatic rings. The Morgan fingerprint density at radius 3 is 1.74 bits per heavy atom. The molecular formula is C37H24F7NO. The lowest BCUT2D eigenvalue weighted by molar-refractivity contribution is -0.189. The lowest BCUT2D eigenvalue weighted by atomic mass is 9.98. The highest BCUT2D eigenvalue weighted by Crippen LogP contribution is 2.38. The van der Waals surface area contributed by atoms with Crippen LogP contribution in [0, 0.1) is 40.4 Å². The van der Waals surface area contributed by atoms with Crippen molar-refractivity contribution in [3.8, 4) is 45.2 Å². The van der Waals surface area contributed by atoms with Gasteiger partial charge in [-0.2, -0.15) is 14.0 Å². The number of benzene rings is 5. The molecule has 46 heavy (non-hydrogen) atoms. The highest BCUT2D eigenvalue weighted by atomic mass is 19.3. The van der Waals surface area contributed by atoms with Gasteiger partial charge in [0.15, 0.2) is 0 Å². The Balaban J connectivity index is 1.32. The summed E-state index contributed by atoms with van der Waals surface area (Å²) < 4.78 is 108. The number of hydrogen-bond acceptors (Lipinski definition) is 2. The van der Waals surface area contributed by atoms with Crippen molar-refractivity contribution in [2.24, 2.45) is 0 Å². The summed E-state index contributed by atoms with van der Waals surface area (Å²) in [5.41, 5.74) is -0.344. The molecule has 0 saturated carbocycles. The first kappa shape index (κ1) is 32.0. The van der Waals surface area contributed by atoms with Gasteiger partial charge in [0, 0.05) is 5.56 Å². The van der Waals surface area contributed by atoms with Crippen molar-refractivity contribution in [2.45, 2.75) is 25.9 Å². The molecule has 0 heterocycles. The Kier molecular flexibility index (Phi) is 9.28. The van der Waals surface area contributed by atoms with E-state index in [0.717, 1.165) is 60.9 Å². The first-order valence-electron chi connectivity index (χ1n) is 14.1. The van der Waals surface area contributed by atoms with Crippen LogP contribution in [-0.2, 0) is 12.5 Å². The number of hydrogen-bond donors (Lipinski definition) is 0. The summed E-state index contributed by atoms with van der Waals surface area (Å²) in [5.74, 6) is -6.47. The predicted octanol–water partition coefficient (Wildman–Crippen LogP) is 10.9. The van der Waals surface area contributed by atoms with E-state index in [9.17, 15) is 22.0 Å². The lowest BCUT2D eigenvalue weighted by Crippen LogP contribution is -2.25. The summed E-state index contributed by atoms with van der Waals surface area (Å²) in [6, 6.07) is 20.4. The van der Waals surface area contributed by atoms with Crippen molar-refractivity contribution >= 4 is 0 Å². The quantitative estimate of drug-likeness (QED) is 0.120. The molecule has 0 atom stereocenters. The van der Waals surface area contributed by atoms with Gasteiger partial charge < -0.3 is 4.74 Å². The fourth-order valence-electron chi connectivity index (χ4n) is 4.98. The van der Waals surface area contributed by atoms with Crippen LogP contribution in [0.25, 0.3) is 33.4 Å². The molecule has 0 fully saturated rings. The van der Waals surface area contributed by atoms with E-state index in [2.05, 4.69) is 0 Å². The number of rotatable bonds is 9. The third-order valence-electron chi connectivity index (χ3n) is 7.32. The van der Waals surface area contributed by atoms with Crippen LogP contribution in [0.1, 0.15) is 30.0 Å². The van der Waals surface area contributed by atoms with Gasteiger partial charge >= 0.3 is 6.11 Å². The lowest BCUT2D eigenvalue weighted by Gasteiger charge is -2.20. The summed E-state index contributed by atoms with van der Waals surface area (Å²) in [6.07, 6.45) is 1.21. The van der Waals surface area contributed by atoms with E-state index in [1.165, 1.54) is 30.3 Å². The van der Waals surface area contributed by atoms with Crippen LogP contribution in [0.5, 0.6) is 5.75 Å². The largest absolute Gasteiger partial charge is 0.432 e. The molecule has 0 saturated heterocycles. The van der Waals surface area contributed by atoms with Gasteiger partial charge in [-0.05, 0) is 95.6 Å². The SMILES string of the molecule is CC=CCCc1ccc(-c2cc(F)c(C(F)(F)Oc3ccc(-c4ccc(-c5cc(F)c(C#N)c(F)c5)c(F)c4)cc3)c(F)c2)cc1. The molecule has 0 radical (unpaired) electrons. The zero-order valence-electron chi connectivity index (χ0n) is 24.2. The van der Waals surface area contributed by atoms with Gasteiger partial charge in [0.25, 0.3) is 0 Å². The van der Waals surface area contributed by atoms with Crippen molar-refractivity contribution in [1.82, 2.24) is 0 Å². The number of ether oxygens (including phenoxy) is 1. The fourth-order valence-corrected chi connectivity index (χ4v) is 4.98. The third kappa shape index (κ3) is 6.81. The number of nitriles is 1. The average molecular weight is 632 g/mol. The van der Waals surface area contributed by atoms with Crippen molar-refractivity contribution in [3.63, 3.8) is 0 Å². The zero-order valence-corrected chi connectivity index (χ0v) is 24.2. The average Bonchev–Trinajstić information content (AvgIpc) is 3.01. The summed E-state index contributed by atoms with van der Waals surface area (Å²) in [4.78, 5) is 0. The Hall–Kier alpha value is -5.36. The van der Waals surface area contributed by atoms with Crippen molar-refractivity contribution in [1.29, 1.82) is 5.26 Å². The normalized spacial score (nSPS) is 11.5. The molecule has 0 unspecified atom stereocenters. The van der Waals surface area contributed by atoms with Crippen molar-refractivity contribution in [2.75, 3.05) is 0 Å². The number of aryl methyl sites for hydroxylation is 1. The standard InChI is InChI=1S/C37H24F7NO/c1-2-3-4-5-22-6-8-24(9-7-22)26-17-34(41)36(35(42)18-26)37(43,44)46-28-13-10-23(11-14-28)25-12-15-29(31(38)16-25)27-19-32(39)30(21-45)33(40)20-27/h2-3,6-20H,4-5H2,1H3. The molecule has 0 spiro atoms. The van der Waals surface area contributed by atoms with E-state index >= 15 is 8.78 Å². The van der Waals surface area contributed by atoms with Crippen molar-refractivity contribution < 1.29 is 35.5 Å². The minimum absolute atomic E-state index is 0.0895. The molecule has 5 rings (SSSR count). The Bertz CT molecular complexity index is 1910. The van der Waals surface area contributed by atoms with E-state index in [4.69, 9.17) is 10.00 Å². The maximum atomic E-state index is 15.1. The maximum absolute atomic E-state index is 15.1. The van der Waals surface area contributed by atoms with Crippen LogP contribution >= 0.6 is 0 Å². The topological polar surface area (TPSA) is 33.0 Å². The summed E-state index contributed by atoms with van der Waals surface area (Å²) in [6.45, 7) is 1.92. The van der Waals surface area contributed by atoms with E-state index in [1.807, 2.05) is 31.2 Å². The second kappa shape index (κ2) is 13.3. The molecule has 232 valence electrons. The molecular weight excluding hydrogens is 607 g/mol. The first-order valence-corrected chi connectivity index (χ1v) is 14.1. The molecule has 0 bridgehead atoms. The molecule has 2 nitrogen and oxygen atoms in total. The monoisotopic (exact) mass is 631 g/mol. The van der Waals surface area contributed by atoms with Gasteiger partial charge in [-0.25, -0.2) is 22.0 Å². The van der Waals surface area contributed by atoms with E-state index in [-0.39, 0.29) is 16.7 Å². The minimum Gasteiger partial charge on any atom is -0.429 e. The molecule has 0 amide bonds. The van der Waals surface area contributed by atoms with Crippen molar-refractivity contribution in [3.05, 3.63) is 149 Å². The van der Waals surface area contributed by atoms with Gasteiger partial charge in [0.1, 0.15) is 52.0 Å². The maximum Gasteiger partial charge on any atom is 0.432 e. The number of nitrogens with zero attached hydrogens (tertiary/aromatic N) is 1.